The molecule has 3 rings (SSSR count). The van der Waals surface area contributed by atoms with Crippen LogP contribution >= 0.6 is 0 Å². The average Bonchev–Trinajstić information content (AvgIpc) is 3.26. The summed E-state index contributed by atoms with van der Waals surface area (Å²) in [7, 11) is 1.64. The molecule has 1 aromatic heterocycles. The fourth-order valence-electron chi connectivity index (χ4n) is 3.39. The topological polar surface area (TPSA) is 105 Å². The minimum Gasteiger partial charge on any atom is -0.497 e. The summed E-state index contributed by atoms with van der Waals surface area (Å²) < 4.78 is 10.8. The molecule has 0 aliphatic carbocycles. The Kier molecular flexibility index (Phi) is 7.44. The number of hydrogen-bond donors (Lipinski definition) is 3. The second-order valence-electron chi connectivity index (χ2n) is 7.63. The van der Waals surface area contributed by atoms with Gasteiger partial charge in [-0.3, -0.25) is 4.79 Å². The van der Waals surface area contributed by atoms with Crippen LogP contribution in [0.25, 0.3) is 11.3 Å². The van der Waals surface area contributed by atoms with Gasteiger partial charge in [0.2, 0.25) is 5.91 Å². The van der Waals surface area contributed by atoms with Crippen LogP contribution in [0.5, 0.6) is 5.75 Å². The SMILES string of the molecule is COc1ccc(Cc2nc(-c3ccc(CCC(CO)(CO)NC(C)=O)cc3)co2)cc1. The molecule has 0 fully saturated rings. The predicted molar refractivity (Wildman–Crippen MR) is 117 cm³/mol. The van der Waals surface area contributed by atoms with Crippen LogP contribution in [0.15, 0.2) is 59.2 Å². The van der Waals surface area contributed by atoms with Gasteiger partial charge in [0.25, 0.3) is 0 Å². The summed E-state index contributed by atoms with van der Waals surface area (Å²) in [6.07, 6.45) is 3.26. The smallest absolute Gasteiger partial charge is 0.217 e. The number of oxazole rings is 1. The molecule has 31 heavy (non-hydrogen) atoms. The summed E-state index contributed by atoms with van der Waals surface area (Å²) in [6, 6.07) is 15.7. The first-order chi connectivity index (χ1) is 15.0. The quantitative estimate of drug-likeness (QED) is 0.462. The van der Waals surface area contributed by atoms with Gasteiger partial charge in [-0.1, -0.05) is 36.4 Å². The van der Waals surface area contributed by atoms with Crippen molar-refractivity contribution in [3.63, 3.8) is 0 Å². The van der Waals surface area contributed by atoms with Gasteiger partial charge in [0, 0.05) is 18.9 Å². The van der Waals surface area contributed by atoms with E-state index < -0.39 is 5.54 Å². The van der Waals surface area contributed by atoms with Crippen molar-refractivity contribution in [3.05, 3.63) is 71.8 Å². The van der Waals surface area contributed by atoms with Gasteiger partial charge in [-0.2, -0.15) is 0 Å². The Labute approximate surface area is 181 Å². The second kappa shape index (κ2) is 10.2. The number of aliphatic hydroxyl groups excluding tert-OH is 2. The van der Waals surface area contributed by atoms with Crippen LogP contribution in [0.2, 0.25) is 0 Å². The third-order valence-electron chi connectivity index (χ3n) is 5.25. The molecule has 0 saturated carbocycles. The summed E-state index contributed by atoms with van der Waals surface area (Å²) in [5.41, 5.74) is 2.79. The number of carbonyl (C=O) groups is 1. The number of amides is 1. The fourth-order valence-corrected chi connectivity index (χ4v) is 3.39. The second-order valence-corrected chi connectivity index (χ2v) is 7.63. The van der Waals surface area contributed by atoms with Gasteiger partial charge in [0.1, 0.15) is 17.7 Å². The highest BCUT2D eigenvalue weighted by molar-refractivity contribution is 5.73. The summed E-state index contributed by atoms with van der Waals surface area (Å²) in [5.74, 6) is 1.16. The summed E-state index contributed by atoms with van der Waals surface area (Å²) in [4.78, 5) is 16.0. The van der Waals surface area contributed by atoms with E-state index in [4.69, 9.17) is 9.15 Å². The molecule has 3 N–H and O–H groups in total. The van der Waals surface area contributed by atoms with Crippen LogP contribution in [0.4, 0.5) is 0 Å². The highest BCUT2D eigenvalue weighted by atomic mass is 16.5. The molecule has 0 aliphatic rings. The van der Waals surface area contributed by atoms with E-state index >= 15 is 0 Å². The molecule has 0 radical (unpaired) electrons. The van der Waals surface area contributed by atoms with Crippen LogP contribution in [0.3, 0.4) is 0 Å². The Morgan fingerprint density at radius 1 is 1.06 bits per heavy atom. The minimum absolute atomic E-state index is 0.282. The van der Waals surface area contributed by atoms with E-state index in [0.29, 0.717) is 25.2 Å². The lowest BCUT2D eigenvalue weighted by molar-refractivity contribution is -0.122. The number of benzene rings is 2. The number of aryl methyl sites for hydroxylation is 1. The van der Waals surface area contributed by atoms with E-state index in [1.807, 2.05) is 48.5 Å². The van der Waals surface area contributed by atoms with Gasteiger partial charge in [-0.15, -0.1) is 0 Å². The van der Waals surface area contributed by atoms with Crippen molar-refractivity contribution in [1.82, 2.24) is 10.3 Å². The van der Waals surface area contributed by atoms with Gasteiger partial charge in [-0.05, 0) is 36.1 Å². The molecule has 0 aliphatic heterocycles. The summed E-state index contributed by atoms with van der Waals surface area (Å²) >= 11 is 0. The van der Waals surface area contributed by atoms with E-state index in [2.05, 4.69) is 10.3 Å². The molecule has 0 spiro atoms. The molecule has 0 atom stereocenters. The fraction of sp³-hybridized carbons (Fsp3) is 0.333. The van der Waals surface area contributed by atoms with Crippen LogP contribution in [0.1, 0.15) is 30.4 Å². The highest BCUT2D eigenvalue weighted by Gasteiger charge is 2.29. The van der Waals surface area contributed by atoms with Gasteiger partial charge >= 0.3 is 0 Å². The Hall–Kier alpha value is -3.16. The average molecular weight is 424 g/mol. The Morgan fingerprint density at radius 3 is 2.29 bits per heavy atom. The van der Waals surface area contributed by atoms with Crippen molar-refractivity contribution in [2.45, 2.75) is 31.7 Å². The third-order valence-corrected chi connectivity index (χ3v) is 5.25. The van der Waals surface area contributed by atoms with E-state index in [1.54, 1.807) is 13.4 Å². The zero-order valence-corrected chi connectivity index (χ0v) is 17.8. The highest BCUT2D eigenvalue weighted by Crippen LogP contribution is 2.22. The monoisotopic (exact) mass is 424 g/mol. The number of carbonyl (C=O) groups excluding carboxylic acids is 1. The summed E-state index contributed by atoms with van der Waals surface area (Å²) in [6.45, 7) is 0.726. The number of rotatable bonds is 10. The van der Waals surface area contributed by atoms with Crippen LogP contribution < -0.4 is 10.1 Å². The first kappa shape index (κ1) is 22.5. The molecule has 0 bridgehead atoms. The lowest BCUT2D eigenvalue weighted by Gasteiger charge is -2.30. The van der Waals surface area contributed by atoms with E-state index in [-0.39, 0.29) is 19.1 Å². The zero-order chi connectivity index (χ0) is 22.3. The van der Waals surface area contributed by atoms with Crippen molar-refractivity contribution in [1.29, 1.82) is 0 Å². The maximum Gasteiger partial charge on any atom is 0.217 e. The molecule has 7 nitrogen and oxygen atoms in total. The van der Waals surface area contributed by atoms with Gasteiger partial charge < -0.3 is 24.7 Å². The normalized spacial score (nSPS) is 11.4. The number of nitrogens with one attached hydrogen (secondary N) is 1. The maximum atomic E-state index is 11.4. The molecule has 2 aromatic carbocycles. The molecule has 0 saturated heterocycles. The Balaban J connectivity index is 1.63. The van der Waals surface area contributed by atoms with Crippen molar-refractivity contribution in [2.24, 2.45) is 0 Å². The molecule has 7 heteroatoms. The molecule has 164 valence electrons. The van der Waals surface area contributed by atoms with E-state index in [1.165, 1.54) is 6.92 Å². The van der Waals surface area contributed by atoms with E-state index in [9.17, 15) is 15.0 Å². The maximum absolute atomic E-state index is 11.4. The molecule has 0 unspecified atom stereocenters. The first-order valence-corrected chi connectivity index (χ1v) is 10.1. The molecule has 3 aromatic rings. The predicted octanol–water partition coefficient (Wildman–Crippen LogP) is 2.73. The number of aliphatic hydroxyl groups is 2. The number of nitrogens with zero attached hydrogens (tertiary/aromatic N) is 1. The lowest BCUT2D eigenvalue weighted by atomic mass is 9.92. The standard InChI is InChI=1S/C24H28N2O5/c1-17(29)26-24(15-27,16-28)12-11-18-3-7-20(8-4-18)22-14-31-23(25-22)13-19-5-9-21(30-2)10-6-19/h3-10,14,27-28H,11-13,15-16H2,1-2H3,(H,26,29). The first-order valence-electron chi connectivity index (χ1n) is 10.1. The third kappa shape index (κ3) is 5.93. The largest absolute Gasteiger partial charge is 0.497 e. The number of ether oxygens (including phenoxy) is 1. The van der Waals surface area contributed by atoms with Crippen molar-refractivity contribution in [3.8, 4) is 17.0 Å². The van der Waals surface area contributed by atoms with Crippen molar-refractivity contribution < 1.29 is 24.2 Å². The van der Waals surface area contributed by atoms with E-state index in [0.717, 1.165) is 28.1 Å². The lowest BCUT2D eigenvalue weighted by Crippen LogP contribution is -2.53. The molecular formula is C24H28N2O5. The van der Waals surface area contributed by atoms with Crippen LogP contribution in [0, 0.1) is 0 Å². The molecular weight excluding hydrogens is 396 g/mol. The van der Waals surface area contributed by atoms with Crippen LogP contribution in [-0.4, -0.2) is 47.0 Å². The Bertz CT molecular complexity index is 976. The van der Waals surface area contributed by atoms with Crippen molar-refractivity contribution >= 4 is 5.91 Å². The number of methoxy groups -OCH3 is 1. The zero-order valence-electron chi connectivity index (χ0n) is 17.8. The molecule has 1 amide bonds. The summed E-state index contributed by atoms with van der Waals surface area (Å²) in [5, 5.41) is 21.9. The van der Waals surface area contributed by atoms with Gasteiger partial charge in [0.15, 0.2) is 5.89 Å². The Morgan fingerprint density at radius 2 is 1.71 bits per heavy atom. The number of hydrogen-bond acceptors (Lipinski definition) is 6. The van der Waals surface area contributed by atoms with Gasteiger partial charge in [0.05, 0.1) is 25.9 Å². The van der Waals surface area contributed by atoms with Gasteiger partial charge in [-0.25, -0.2) is 4.98 Å². The van der Waals surface area contributed by atoms with Crippen molar-refractivity contribution in [2.75, 3.05) is 20.3 Å². The number of aromatic nitrogens is 1. The molecule has 1 heterocycles. The minimum atomic E-state index is -1.02. The van der Waals surface area contributed by atoms with Crippen LogP contribution in [-0.2, 0) is 17.6 Å².